The van der Waals surface area contributed by atoms with Crippen molar-refractivity contribution in [1.29, 1.82) is 0 Å². The van der Waals surface area contributed by atoms with Crippen LogP contribution in [0.3, 0.4) is 0 Å². The Hall–Kier alpha value is -2.69. The van der Waals surface area contributed by atoms with Crippen LogP contribution in [0, 0.1) is 0 Å². The molecule has 0 unspecified atom stereocenters. The maximum atomic E-state index is 12.7. The third-order valence-corrected chi connectivity index (χ3v) is 6.20. The molecular formula is C22H23N3O2. The third kappa shape index (κ3) is 2.73. The van der Waals surface area contributed by atoms with Crippen molar-refractivity contribution in [1.82, 2.24) is 14.8 Å². The van der Waals surface area contributed by atoms with Crippen LogP contribution in [-0.4, -0.2) is 21.1 Å². The molecule has 5 nitrogen and oxygen atoms in total. The molecule has 1 N–H and O–H groups in total. The number of fused-ring (bicyclic) bond motifs is 3. The number of H-pyrrole nitrogens is 1. The first-order valence-electron chi connectivity index (χ1n) is 9.93. The molecule has 0 atom stereocenters. The Morgan fingerprint density at radius 2 is 1.81 bits per heavy atom. The van der Waals surface area contributed by atoms with Crippen LogP contribution < -0.4 is 5.56 Å². The Bertz CT molecular complexity index is 1070. The van der Waals surface area contributed by atoms with Crippen LogP contribution in [0.25, 0.3) is 11.0 Å². The number of aryl methyl sites for hydroxylation is 1. The van der Waals surface area contributed by atoms with Gasteiger partial charge in [-0.05, 0) is 49.7 Å². The van der Waals surface area contributed by atoms with Crippen molar-refractivity contribution in [3.63, 3.8) is 0 Å². The number of hydrogen-bond donors (Lipinski definition) is 1. The molecule has 0 saturated heterocycles. The molecule has 0 amide bonds. The molecule has 0 spiro atoms. The average Bonchev–Trinajstić information content (AvgIpc) is 2.99. The Labute approximate surface area is 157 Å². The van der Waals surface area contributed by atoms with E-state index in [-0.39, 0.29) is 5.56 Å². The van der Waals surface area contributed by atoms with Gasteiger partial charge in [-0.25, -0.2) is 4.68 Å². The largest absolute Gasteiger partial charge is 0.307 e. The highest BCUT2D eigenvalue weighted by Crippen LogP contribution is 2.41. The monoisotopic (exact) mass is 361 g/mol. The van der Waals surface area contributed by atoms with Gasteiger partial charge in [0.25, 0.3) is 5.56 Å². The lowest BCUT2D eigenvalue weighted by molar-refractivity contribution is 0.112. The second kappa shape index (κ2) is 6.48. The normalized spacial score (nSPS) is 16.9. The Morgan fingerprint density at radius 1 is 1.07 bits per heavy atom. The second-order valence-electron chi connectivity index (χ2n) is 7.87. The number of pyridine rings is 1. The number of carbonyl (C=O) groups excluding carboxylic acids is 1. The van der Waals surface area contributed by atoms with Crippen LogP contribution in [0.2, 0.25) is 0 Å². The van der Waals surface area contributed by atoms with Crippen LogP contribution in [0.15, 0.2) is 29.1 Å². The highest BCUT2D eigenvalue weighted by Gasteiger charge is 2.29. The predicted molar refractivity (Wildman–Crippen MR) is 105 cm³/mol. The van der Waals surface area contributed by atoms with Crippen LogP contribution in [0.4, 0.5) is 0 Å². The van der Waals surface area contributed by atoms with E-state index < -0.39 is 0 Å². The number of aromatic amines is 1. The van der Waals surface area contributed by atoms with E-state index in [1.807, 2.05) is 28.9 Å². The van der Waals surface area contributed by atoms with E-state index in [0.717, 1.165) is 48.7 Å². The lowest BCUT2D eigenvalue weighted by Crippen LogP contribution is -2.20. The van der Waals surface area contributed by atoms with Gasteiger partial charge in [0.05, 0.1) is 12.2 Å². The van der Waals surface area contributed by atoms with Crippen LogP contribution in [0.1, 0.15) is 70.8 Å². The van der Waals surface area contributed by atoms with Crippen molar-refractivity contribution in [3.8, 4) is 0 Å². The van der Waals surface area contributed by atoms with E-state index in [9.17, 15) is 9.59 Å². The van der Waals surface area contributed by atoms with Gasteiger partial charge in [-0.15, -0.1) is 0 Å². The van der Waals surface area contributed by atoms with E-state index in [2.05, 4.69) is 4.98 Å². The van der Waals surface area contributed by atoms with E-state index in [1.54, 1.807) is 0 Å². The Kier molecular flexibility index (Phi) is 3.96. The topological polar surface area (TPSA) is 67.8 Å². The minimum atomic E-state index is 0.0508. The van der Waals surface area contributed by atoms with E-state index in [1.165, 1.54) is 35.9 Å². The molecule has 2 heterocycles. The number of rotatable bonds is 4. The van der Waals surface area contributed by atoms with Gasteiger partial charge in [-0.2, -0.15) is 5.10 Å². The summed E-state index contributed by atoms with van der Waals surface area (Å²) in [6.07, 6.45) is 8.59. The van der Waals surface area contributed by atoms with E-state index >= 15 is 0 Å². The molecule has 0 radical (unpaired) electrons. The Balaban J connectivity index is 1.66. The highest BCUT2D eigenvalue weighted by atomic mass is 16.1. The van der Waals surface area contributed by atoms with Crippen molar-refractivity contribution in [2.24, 2.45) is 0 Å². The van der Waals surface area contributed by atoms with Crippen LogP contribution in [-0.2, 0) is 19.4 Å². The standard InChI is InChI=1S/C22H23N3O2/c26-13-15-10-8-14(9-11-15)12-25-21-19(20(24-25)16-4-3-5-16)17-6-1-2-7-18(17)22(27)23-21/h8-11,13,16H,1-7,12H2,(H,23,27). The average molecular weight is 361 g/mol. The fourth-order valence-corrected chi connectivity index (χ4v) is 4.48. The molecule has 1 saturated carbocycles. The SMILES string of the molecule is O=Cc1ccc(Cn2nc(C3CCC3)c3c4c(c(=O)[nH]c32)CCCC4)cc1. The molecule has 1 fully saturated rings. The zero-order valence-corrected chi connectivity index (χ0v) is 15.3. The zero-order valence-electron chi connectivity index (χ0n) is 15.3. The number of carbonyl (C=O) groups is 1. The van der Waals surface area contributed by atoms with Crippen molar-refractivity contribution in [2.45, 2.75) is 57.4 Å². The molecule has 2 aliphatic carbocycles. The summed E-state index contributed by atoms with van der Waals surface area (Å²) in [5.41, 5.74) is 6.05. The summed E-state index contributed by atoms with van der Waals surface area (Å²) in [5.74, 6) is 0.517. The van der Waals surface area contributed by atoms with Crippen LogP contribution >= 0.6 is 0 Å². The summed E-state index contributed by atoms with van der Waals surface area (Å²) in [7, 11) is 0. The number of aldehydes is 1. The lowest BCUT2D eigenvalue weighted by atomic mass is 9.80. The minimum absolute atomic E-state index is 0.0508. The molecule has 0 bridgehead atoms. The quantitative estimate of drug-likeness (QED) is 0.720. The summed E-state index contributed by atoms with van der Waals surface area (Å²) in [6.45, 7) is 0.594. The molecule has 0 aliphatic heterocycles. The molecule has 138 valence electrons. The second-order valence-corrected chi connectivity index (χ2v) is 7.87. The first kappa shape index (κ1) is 16.5. The minimum Gasteiger partial charge on any atom is -0.307 e. The van der Waals surface area contributed by atoms with Gasteiger partial charge in [-0.3, -0.25) is 9.59 Å². The molecule has 5 heteroatoms. The van der Waals surface area contributed by atoms with Crippen molar-refractivity contribution in [3.05, 3.63) is 62.6 Å². The summed E-state index contributed by atoms with van der Waals surface area (Å²) in [6, 6.07) is 7.56. The maximum Gasteiger partial charge on any atom is 0.253 e. The number of nitrogens with one attached hydrogen (secondary N) is 1. The maximum absolute atomic E-state index is 12.7. The predicted octanol–water partition coefficient (Wildman–Crippen LogP) is 3.73. The fraction of sp³-hybridized carbons (Fsp3) is 0.409. The van der Waals surface area contributed by atoms with Gasteiger partial charge >= 0.3 is 0 Å². The number of nitrogens with zero attached hydrogens (tertiary/aromatic N) is 2. The lowest BCUT2D eigenvalue weighted by Gasteiger charge is -2.25. The number of hydrogen-bond acceptors (Lipinski definition) is 3. The van der Waals surface area contributed by atoms with E-state index in [4.69, 9.17) is 5.10 Å². The molecule has 5 rings (SSSR count). The molecule has 3 aromatic rings. The van der Waals surface area contributed by atoms with Crippen molar-refractivity contribution < 1.29 is 4.79 Å². The number of benzene rings is 1. The van der Waals surface area contributed by atoms with Gasteiger partial charge in [0.1, 0.15) is 11.9 Å². The summed E-state index contributed by atoms with van der Waals surface area (Å²) < 4.78 is 1.95. The molecule has 1 aromatic carbocycles. The summed E-state index contributed by atoms with van der Waals surface area (Å²) in [5, 5.41) is 6.18. The Morgan fingerprint density at radius 3 is 2.48 bits per heavy atom. The van der Waals surface area contributed by atoms with Crippen molar-refractivity contribution >= 4 is 17.3 Å². The zero-order chi connectivity index (χ0) is 18.4. The highest BCUT2D eigenvalue weighted by molar-refractivity contribution is 5.84. The van der Waals surface area contributed by atoms with Gasteiger partial charge in [0.2, 0.25) is 0 Å². The molecule has 2 aliphatic rings. The smallest absolute Gasteiger partial charge is 0.253 e. The van der Waals surface area contributed by atoms with Gasteiger partial charge in [0.15, 0.2) is 0 Å². The third-order valence-electron chi connectivity index (χ3n) is 6.20. The first-order chi connectivity index (χ1) is 13.2. The summed E-state index contributed by atoms with van der Waals surface area (Å²) >= 11 is 0. The summed E-state index contributed by atoms with van der Waals surface area (Å²) in [4.78, 5) is 26.7. The first-order valence-corrected chi connectivity index (χ1v) is 9.93. The van der Waals surface area contributed by atoms with Gasteiger partial charge in [-0.1, -0.05) is 30.7 Å². The van der Waals surface area contributed by atoms with Gasteiger partial charge < -0.3 is 4.98 Å². The van der Waals surface area contributed by atoms with Crippen LogP contribution in [0.5, 0.6) is 0 Å². The molecule has 27 heavy (non-hydrogen) atoms. The number of aromatic nitrogens is 3. The molecule has 2 aromatic heterocycles. The molecular weight excluding hydrogens is 338 g/mol. The fourth-order valence-electron chi connectivity index (χ4n) is 4.48. The van der Waals surface area contributed by atoms with Gasteiger partial charge in [0, 0.05) is 22.4 Å². The van der Waals surface area contributed by atoms with E-state index in [0.29, 0.717) is 18.0 Å². The van der Waals surface area contributed by atoms with Crippen molar-refractivity contribution in [2.75, 3.05) is 0 Å².